The van der Waals surface area contributed by atoms with Crippen molar-refractivity contribution in [2.75, 3.05) is 18.4 Å². The number of piperidine rings is 1. The van der Waals surface area contributed by atoms with Crippen molar-refractivity contribution >= 4 is 34.1 Å². The number of halogens is 1. The number of ether oxygens (including phenoxy) is 1. The second kappa shape index (κ2) is 10.1. The van der Waals surface area contributed by atoms with Crippen LogP contribution in [0.15, 0.2) is 67.9 Å². The molecule has 4 aromatic heterocycles. The highest BCUT2D eigenvalue weighted by Gasteiger charge is 2.25. The summed E-state index contributed by atoms with van der Waals surface area (Å²) in [5, 5.41) is 7.15. The summed E-state index contributed by atoms with van der Waals surface area (Å²) in [6.07, 6.45) is 7.73. The second-order valence-corrected chi connectivity index (χ2v) is 9.40. The van der Waals surface area contributed by atoms with Crippen LogP contribution < -0.4 is 10.1 Å². The number of pyridine rings is 2. The number of benzene rings is 1. The third kappa shape index (κ3) is 4.86. The van der Waals surface area contributed by atoms with Crippen LogP contribution in [0.5, 0.6) is 11.5 Å². The Morgan fingerprint density at radius 2 is 2.08 bits per heavy atom. The first-order valence-electron chi connectivity index (χ1n) is 12.6. The molecule has 10 nitrogen and oxygen atoms in total. The molecule has 11 heteroatoms. The van der Waals surface area contributed by atoms with Gasteiger partial charge in [0.1, 0.15) is 35.5 Å². The highest BCUT2D eigenvalue weighted by Crippen LogP contribution is 2.33. The number of hydrogen-bond donors (Lipinski definition) is 1. The maximum Gasteiger partial charge on any atom is 0.245 e. The van der Waals surface area contributed by atoms with Gasteiger partial charge >= 0.3 is 0 Å². The average Bonchev–Trinajstić information content (AvgIpc) is 3.43. The lowest BCUT2D eigenvalue weighted by Gasteiger charge is -2.31. The van der Waals surface area contributed by atoms with E-state index in [0.717, 1.165) is 24.1 Å². The monoisotopic (exact) mass is 524 g/mol. The number of hydrogen-bond acceptors (Lipinski definition) is 8. The molecular weight excluding hydrogens is 499 g/mol. The predicted octanol–water partition coefficient (Wildman–Crippen LogP) is 4.94. The number of carbonyl (C=O) groups excluding carboxylic acids is 1. The van der Waals surface area contributed by atoms with E-state index >= 15 is 4.39 Å². The third-order valence-corrected chi connectivity index (χ3v) is 6.83. The number of carbonyl (C=O) groups is 1. The van der Waals surface area contributed by atoms with Gasteiger partial charge in [-0.25, -0.2) is 28.8 Å². The fourth-order valence-corrected chi connectivity index (χ4v) is 4.81. The number of nitrogens with zero attached hydrogens (tertiary/aromatic N) is 7. The van der Waals surface area contributed by atoms with Gasteiger partial charge in [-0.1, -0.05) is 6.58 Å². The minimum Gasteiger partial charge on any atom is -0.457 e. The van der Waals surface area contributed by atoms with E-state index in [1.807, 2.05) is 19.1 Å². The Balaban J connectivity index is 1.27. The molecule has 1 aromatic carbocycles. The van der Waals surface area contributed by atoms with Crippen LogP contribution in [-0.4, -0.2) is 53.4 Å². The van der Waals surface area contributed by atoms with Crippen LogP contribution in [0, 0.1) is 12.7 Å². The van der Waals surface area contributed by atoms with Gasteiger partial charge in [0.2, 0.25) is 5.91 Å². The van der Waals surface area contributed by atoms with Crippen LogP contribution in [-0.2, 0) is 4.79 Å². The van der Waals surface area contributed by atoms with Crippen LogP contribution >= 0.6 is 0 Å². The number of rotatable bonds is 6. The molecule has 1 saturated heterocycles. The van der Waals surface area contributed by atoms with E-state index in [0.29, 0.717) is 47.1 Å². The van der Waals surface area contributed by atoms with E-state index in [1.54, 1.807) is 33.8 Å². The van der Waals surface area contributed by atoms with E-state index < -0.39 is 5.82 Å². The SMILES string of the molecule is C=CC(=O)N1CCCC(c2ccc3ncnc(Nc4cc(C)c(Oc5ccn6ncnc6c5)cc4F)c3n2)C1. The average molecular weight is 525 g/mol. The van der Waals surface area contributed by atoms with Crippen LogP contribution in [0.25, 0.3) is 16.7 Å². The summed E-state index contributed by atoms with van der Waals surface area (Å²) < 4.78 is 22.8. The minimum absolute atomic E-state index is 0.0764. The zero-order chi connectivity index (χ0) is 26.9. The van der Waals surface area contributed by atoms with E-state index in [4.69, 9.17) is 9.72 Å². The zero-order valence-corrected chi connectivity index (χ0v) is 21.2. The molecule has 0 bridgehead atoms. The topological polar surface area (TPSA) is 110 Å². The number of aromatic nitrogens is 6. The predicted molar refractivity (Wildman–Crippen MR) is 144 cm³/mol. The van der Waals surface area contributed by atoms with Gasteiger partial charge in [0.05, 0.1) is 11.2 Å². The lowest BCUT2D eigenvalue weighted by atomic mass is 9.94. The summed E-state index contributed by atoms with van der Waals surface area (Å²) in [7, 11) is 0. The smallest absolute Gasteiger partial charge is 0.245 e. The molecule has 5 aromatic rings. The Morgan fingerprint density at radius 1 is 1.18 bits per heavy atom. The fourth-order valence-electron chi connectivity index (χ4n) is 4.81. The molecule has 0 spiro atoms. The molecule has 1 aliphatic rings. The fraction of sp³-hybridized carbons (Fsp3) is 0.214. The van der Waals surface area contributed by atoms with Gasteiger partial charge in [-0.2, -0.15) is 5.10 Å². The summed E-state index contributed by atoms with van der Waals surface area (Å²) in [5.74, 6) is 0.781. The van der Waals surface area contributed by atoms with Crippen molar-refractivity contribution in [3.8, 4) is 11.5 Å². The van der Waals surface area contributed by atoms with Crippen molar-refractivity contribution in [1.82, 2.24) is 34.4 Å². The zero-order valence-electron chi connectivity index (χ0n) is 21.2. The summed E-state index contributed by atoms with van der Waals surface area (Å²) in [5.41, 5.74) is 3.58. The van der Waals surface area contributed by atoms with Crippen molar-refractivity contribution in [3.05, 3.63) is 85.0 Å². The van der Waals surface area contributed by atoms with Gasteiger partial charge in [-0.3, -0.25) is 4.79 Å². The highest BCUT2D eigenvalue weighted by molar-refractivity contribution is 5.88. The Hall–Kier alpha value is -4.93. The maximum atomic E-state index is 15.3. The first kappa shape index (κ1) is 24.4. The first-order valence-corrected chi connectivity index (χ1v) is 12.6. The van der Waals surface area contributed by atoms with Gasteiger partial charge in [-0.05, 0) is 55.7 Å². The molecule has 0 radical (unpaired) electrons. The van der Waals surface area contributed by atoms with E-state index in [1.165, 1.54) is 24.8 Å². The summed E-state index contributed by atoms with van der Waals surface area (Å²) in [6.45, 7) is 6.71. The maximum absolute atomic E-state index is 15.3. The number of aryl methyl sites for hydroxylation is 1. The lowest BCUT2D eigenvalue weighted by Crippen LogP contribution is -2.38. The molecule has 1 unspecified atom stereocenters. The van der Waals surface area contributed by atoms with Gasteiger partial charge in [0.15, 0.2) is 11.5 Å². The van der Waals surface area contributed by atoms with Crippen LogP contribution in [0.3, 0.4) is 0 Å². The molecule has 1 aliphatic heterocycles. The van der Waals surface area contributed by atoms with Crippen molar-refractivity contribution in [3.63, 3.8) is 0 Å². The van der Waals surface area contributed by atoms with Crippen LogP contribution in [0.1, 0.15) is 30.0 Å². The quantitative estimate of drug-likeness (QED) is 0.311. The summed E-state index contributed by atoms with van der Waals surface area (Å²) in [6, 6.07) is 10.3. The normalized spacial score (nSPS) is 15.4. The molecule has 1 N–H and O–H groups in total. The standard InChI is InChI=1S/C28H25FN8O2/c1-3-26(38)36-9-4-5-18(14-36)21-6-7-22-27(34-21)28(32-15-30-22)35-23-11-17(2)24(13-20(23)29)39-19-8-10-37-25(12-19)31-16-33-37/h3,6-8,10-13,15-16,18H,1,4-5,9,14H2,2H3,(H,30,32,35). The summed E-state index contributed by atoms with van der Waals surface area (Å²) in [4.78, 5) is 31.6. The van der Waals surface area contributed by atoms with Gasteiger partial charge in [0.25, 0.3) is 0 Å². The van der Waals surface area contributed by atoms with E-state index in [2.05, 4.69) is 31.9 Å². The van der Waals surface area contributed by atoms with Crippen LogP contribution in [0.2, 0.25) is 0 Å². The molecule has 1 fully saturated rings. The minimum atomic E-state index is -0.507. The van der Waals surface area contributed by atoms with Crippen molar-refractivity contribution in [2.45, 2.75) is 25.7 Å². The molecule has 196 valence electrons. The second-order valence-electron chi connectivity index (χ2n) is 9.40. The Bertz CT molecular complexity index is 1720. The van der Waals surface area contributed by atoms with Crippen molar-refractivity contribution < 1.29 is 13.9 Å². The molecular formula is C28H25FN8O2. The van der Waals surface area contributed by atoms with E-state index in [-0.39, 0.29) is 17.5 Å². The molecule has 6 rings (SSSR count). The molecule has 1 atom stereocenters. The molecule has 0 saturated carbocycles. The first-order chi connectivity index (χ1) is 19.0. The number of likely N-dealkylation sites (tertiary alicyclic amines) is 1. The van der Waals surface area contributed by atoms with Gasteiger partial charge in [0, 0.05) is 43.0 Å². The Morgan fingerprint density at radius 3 is 2.95 bits per heavy atom. The van der Waals surface area contributed by atoms with E-state index in [9.17, 15) is 4.79 Å². The third-order valence-electron chi connectivity index (χ3n) is 6.83. The molecule has 39 heavy (non-hydrogen) atoms. The number of amides is 1. The Kier molecular flexibility index (Phi) is 6.31. The number of fused-ring (bicyclic) bond motifs is 2. The van der Waals surface area contributed by atoms with Gasteiger partial charge in [-0.15, -0.1) is 0 Å². The number of anilines is 2. The molecule has 5 heterocycles. The lowest BCUT2D eigenvalue weighted by molar-refractivity contribution is -0.127. The van der Waals surface area contributed by atoms with Crippen LogP contribution in [0.4, 0.5) is 15.9 Å². The van der Waals surface area contributed by atoms with Crippen molar-refractivity contribution in [1.29, 1.82) is 0 Å². The van der Waals surface area contributed by atoms with Crippen molar-refractivity contribution in [2.24, 2.45) is 0 Å². The Labute approximate surface area is 223 Å². The largest absolute Gasteiger partial charge is 0.457 e. The van der Waals surface area contributed by atoms with Gasteiger partial charge < -0.3 is 15.0 Å². The molecule has 1 amide bonds. The summed E-state index contributed by atoms with van der Waals surface area (Å²) >= 11 is 0. The number of nitrogens with one attached hydrogen (secondary N) is 1. The highest BCUT2D eigenvalue weighted by atomic mass is 19.1. The molecule has 0 aliphatic carbocycles.